The van der Waals surface area contributed by atoms with Gasteiger partial charge < -0.3 is 14.0 Å². The number of ether oxygens (including phenoxy) is 1. The normalized spacial score (nSPS) is 14.7. The molecule has 10 heteroatoms. The molecule has 1 fully saturated rings. The van der Waals surface area contributed by atoms with Crippen molar-refractivity contribution in [3.05, 3.63) is 71.5 Å². The van der Waals surface area contributed by atoms with Gasteiger partial charge in [0.25, 0.3) is 0 Å². The summed E-state index contributed by atoms with van der Waals surface area (Å²) in [5.74, 6) is -0.778. The van der Waals surface area contributed by atoms with Crippen molar-refractivity contribution in [3.63, 3.8) is 0 Å². The number of hydrogen-bond acceptors (Lipinski definition) is 6. The monoisotopic (exact) mass is 466 g/mol. The third-order valence-electron chi connectivity index (χ3n) is 5.62. The van der Waals surface area contributed by atoms with Crippen LogP contribution in [0.15, 0.2) is 59.8 Å². The summed E-state index contributed by atoms with van der Waals surface area (Å²) in [6.45, 7) is 2.36. The molecule has 4 rings (SSSR count). The number of nitrogens with zero attached hydrogens (tertiary/aromatic N) is 4. The number of amides is 1. The lowest BCUT2D eigenvalue weighted by Crippen LogP contribution is -2.49. The molecule has 1 aliphatic heterocycles. The second-order valence-electron chi connectivity index (χ2n) is 7.65. The van der Waals surface area contributed by atoms with Gasteiger partial charge in [-0.25, -0.2) is 13.2 Å². The first-order valence-electron chi connectivity index (χ1n) is 10.3. The second-order valence-corrected chi connectivity index (χ2v) is 9.59. The van der Waals surface area contributed by atoms with E-state index in [1.807, 2.05) is 12.1 Å². The van der Waals surface area contributed by atoms with E-state index in [1.54, 1.807) is 27.8 Å². The molecule has 1 aromatic carbocycles. The molecule has 0 spiro atoms. The van der Waals surface area contributed by atoms with E-state index in [9.17, 15) is 23.3 Å². The average Bonchev–Trinajstić information content (AvgIpc) is 3.20. The maximum absolute atomic E-state index is 13.0. The Bertz CT molecular complexity index is 1360. The summed E-state index contributed by atoms with van der Waals surface area (Å²) in [4.78, 5) is 25.7. The molecule has 3 heterocycles. The number of aromatic nitrogens is 1. The van der Waals surface area contributed by atoms with Crippen LogP contribution in [0, 0.1) is 11.3 Å². The summed E-state index contributed by atoms with van der Waals surface area (Å²) in [7, 11) is -3.82. The number of fused-ring (bicyclic) bond motifs is 1. The molecular formula is C23H22N4O5S. The van der Waals surface area contributed by atoms with Gasteiger partial charge in [0.1, 0.15) is 12.7 Å². The first kappa shape index (κ1) is 22.5. The molecule has 0 atom stereocenters. The van der Waals surface area contributed by atoms with Crippen LogP contribution < -0.4 is 0 Å². The summed E-state index contributed by atoms with van der Waals surface area (Å²) >= 11 is 0. The standard InChI is InChI=1S/C23H22N4O5S/c1-17(28)25-9-11-27(12-10-25)33(30,31)20-6-4-5-18(13-20)23(29)32-16-19-15-26-8-3-2-7-22(26)21(19)14-24/h2-8,13,15H,9-12,16H2,1H3. The van der Waals surface area contributed by atoms with Gasteiger partial charge in [-0.05, 0) is 30.3 Å². The molecule has 0 saturated carbocycles. The highest BCUT2D eigenvalue weighted by Gasteiger charge is 2.29. The van der Waals surface area contributed by atoms with Crippen LogP contribution in [0.5, 0.6) is 0 Å². The molecule has 2 aromatic heterocycles. The molecule has 0 unspecified atom stereocenters. The van der Waals surface area contributed by atoms with Crippen LogP contribution >= 0.6 is 0 Å². The molecule has 0 N–H and O–H groups in total. The lowest BCUT2D eigenvalue weighted by molar-refractivity contribution is -0.129. The second kappa shape index (κ2) is 9.05. The van der Waals surface area contributed by atoms with Crippen molar-refractivity contribution in [1.29, 1.82) is 5.26 Å². The van der Waals surface area contributed by atoms with Crippen LogP contribution in [0.2, 0.25) is 0 Å². The number of pyridine rings is 1. The molecule has 1 saturated heterocycles. The largest absolute Gasteiger partial charge is 0.457 e. The van der Waals surface area contributed by atoms with Crippen LogP contribution in [0.1, 0.15) is 28.4 Å². The summed E-state index contributed by atoms with van der Waals surface area (Å²) in [6, 6.07) is 13.3. The highest BCUT2D eigenvalue weighted by molar-refractivity contribution is 7.89. The number of benzene rings is 1. The minimum atomic E-state index is -3.82. The molecule has 3 aromatic rings. The van der Waals surface area contributed by atoms with Crippen molar-refractivity contribution in [2.75, 3.05) is 26.2 Å². The number of nitriles is 1. The van der Waals surface area contributed by atoms with Gasteiger partial charge in [0.2, 0.25) is 15.9 Å². The van der Waals surface area contributed by atoms with Gasteiger partial charge in [0, 0.05) is 51.1 Å². The van der Waals surface area contributed by atoms with E-state index in [0.29, 0.717) is 29.7 Å². The van der Waals surface area contributed by atoms with Gasteiger partial charge in [-0.15, -0.1) is 0 Å². The number of rotatable bonds is 5. The summed E-state index contributed by atoms with van der Waals surface area (Å²) in [5.41, 5.74) is 1.79. The fourth-order valence-corrected chi connectivity index (χ4v) is 5.29. The SMILES string of the molecule is CC(=O)N1CCN(S(=O)(=O)c2cccc(C(=O)OCc3cn4ccccc4c3C#N)c2)CC1. The maximum atomic E-state index is 13.0. The Morgan fingerprint density at radius 3 is 2.55 bits per heavy atom. The molecule has 0 radical (unpaired) electrons. The lowest BCUT2D eigenvalue weighted by Gasteiger charge is -2.33. The van der Waals surface area contributed by atoms with E-state index in [-0.39, 0.29) is 36.1 Å². The van der Waals surface area contributed by atoms with Gasteiger partial charge >= 0.3 is 5.97 Å². The molecule has 0 bridgehead atoms. The Hall–Kier alpha value is -3.68. The van der Waals surface area contributed by atoms with Crippen LogP contribution in [0.25, 0.3) is 5.52 Å². The van der Waals surface area contributed by atoms with Crippen molar-refractivity contribution in [2.45, 2.75) is 18.4 Å². The van der Waals surface area contributed by atoms with Crippen molar-refractivity contribution >= 4 is 27.4 Å². The molecule has 1 aliphatic rings. The highest BCUT2D eigenvalue weighted by atomic mass is 32.2. The average molecular weight is 467 g/mol. The van der Waals surface area contributed by atoms with Gasteiger partial charge in [0.05, 0.1) is 21.5 Å². The molecule has 0 aliphatic carbocycles. The smallest absolute Gasteiger partial charge is 0.338 e. The van der Waals surface area contributed by atoms with E-state index in [4.69, 9.17) is 4.74 Å². The Balaban J connectivity index is 1.48. The summed E-state index contributed by atoms with van der Waals surface area (Å²) in [6.07, 6.45) is 3.52. The number of carbonyl (C=O) groups is 2. The van der Waals surface area contributed by atoms with Crippen LogP contribution in [-0.2, 0) is 26.2 Å². The van der Waals surface area contributed by atoms with E-state index in [1.165, 1.54) is 35.5 Å². The van der Waals surface area contributed by atoms with E-state index >= 15 is 0 Å². The predicted molar refractivity (Wildman–Crippen MR) is 119 cm³/mol. The van der Waals surface area contributed by atoms with Gasteiger partial charge in [-0.3, -0.25) is 4.79 Å². The summed E-state index contributed by atoms with van der Waals surface area (Å²) < 4.78 is 34.5. The van der Waals surface area contributed by atoms with Crippen molar-refractivity contribution in [2.24, 2.45) is 0 Å². The van der Waals surface area contributed by atoms with E-state index in [2.05, 4.69) is 6.07 Å². The zero-order chi connectivity index (χ0) is 23.6. The molecule has 33 heavy (non-hydrogen) atoms. The molecule has 9 nitrogen and oxygen atoms in total. The Morgan fingerprint density at radius 2 is 1.85 bits per heavy atom. The van der Waals surface area contributed by atoms with Crippen LogP contribution in [0.3, 0.4) is 0 Å². The van der Waals surface area contributed by atoms with Gasteiger partial charge in [0.15, 0.2) is 0 Å². The molecule has 1 amide bonds. The zero-order valence-corrected chi connectivity index (χ0v) is 18.8. The fraction of sp³-hybridized carbons (Fsp3) is 0.261. The van der Waals surface area contributed by atoms with Gasteiger partial charge in [-0.1, -0.05) is 12.1 Å². The lowest BCUT2D eigenvalue weighted by atomic mass is 10.2. The van der Waals surface area contributed by atoms with Crippen LogP contribution in [0.4, 0.5) is 0 Å². The van der Waals surface area contributed by atoms with E-state index < -0.39 is 16.0 Å². The first-order chi connectivity index (χ1) is 15.8. The maximum Gasteiger partial charge on any atom is 0.338 e. The van der Waals surface area contributed by atoms with Crippen molar-refractivity contribution in [3.8, 4) is 6.07 Å². The predicted octanol–water partition coefficient (Wildman–Crippen LogP) is 2.02. The third kappa shape index (κ3) is 4.46. The number of esters is 1. The third-order valence-corrected chi connectivity index (χ3v) is 7.52. The number of sulfonamides is 1. The zero-order valence-electron chi connectivity index (χ0n) is 18.0. The van der Waals surface area contributed by atoms with Crippen molar-refractivity contribution in [1.82, 2.24) is 13.6 Å². The highest BCUT2D eigenvalue weighted by Crippen LogP contribution is 2.21. The topological polar surface area (TPSA) is 112 Å². The summed E-state index contributed by atoms with van der Waals surface area (Å²) in [5, 5.41) is 9.49. The Kier molecular flexibility index (Phi) is 6.18. The minimum Gasteiger partial charge on any atom is -0.457 e. The van der Waals surface area contributed by atoms with Crippen molar-refractivity contribution < 1.29 is 22.7 Å². The number of carbonyl (C=O) groups excluding carboxylic acids is 2. The molecule has 170 valence electrons. The minimum absolute atomic E-state index is 0.0134. The Morgan fingerprint density at radius 1 is 1.09 bits per heavy atom. The Labute approximate surface area is 191 Å². The molecular weight excluding hydrogens is 444 g/mol. The number of hydrogen-bond donors (Lipinski definition) is 0. The fourth-order valence-electron chi connectivity index (χ4n) is 3.82. The quantitative estimate of drug-likeness (QED) is 0.532. The van der Waals surface area contributed by atoms with E-state index in [0.717, 1.165) is 0 Å². The number of piperazine rings is 1. The first-order valence-corrected chi connectivity index (χ1v) is 11.8. The van der Waals surface area contributed by atoms with Crippen LogP contribution in [-0.4, -0.2) is 60.1 Å². The van der Waals surface area contributed by atoms with Gasteiger partial charge in [-0.2, -0.15) is 9.57 Å².